The lowest BCUT2D eigenvalue weighted by Crippen LogP contribution is -2.20. The molecule has 20 heavy (non-hydrogen) atoms. The van der Waals surface area contributed by atoms with E-state index in [1.165, 1.54) is 0 Å². The van der Waals surface area contributed by atoms with Crippen molar-refractivity contribution in [2.24, 2.45) is 0 Å². The molecule has 0 aliphatic carbocycles. The molecule has 1 N–H and O–H groups in total. The number of anilines is 3. The molecule has 1 aromatic heterocycles. The van der Waals surface area contributed by atoms with Crippen LogP contribution in [0.25, 0.3) is 0 Å². The number of nitrogens with zero attached hydrogens (tertiary/aromatic N) is 4. The first-order valence-electron chi connectivity index (χ1n) is 7.11. The molecule has 0 atom stereocenters. The highest BCUT2D eigenvalue weighted by Gasteiger charge is 2.10. The third-order valence-electron chi connectivity index (χ3n) is 3.01. The standard InChI is InChI=1S/C15H21N5/c1-3-5-11-16-14-12-17-19-15(18-14)20(4-2)13-9-7-6-8-10-13/h6-10,12H,3-5,11H2,1-2H3,(H,16,18,19). The number of hydrogen-bond donors (Lipinski definition) is 1. The predicted octanol–water partition coefficient (Wildman–Crippen LogP) is 3.24. The minimum atomic E-state index is 0.625. The van der Waals surface area contributed by atoms with Crippen LogP contribution in [-0.4, -0.2) is 28.3 Å². The minimum absolute atomic E-state index is 0.625. The van der Waals surface area contributed by atoms with E-state index in [9.17, 15) is 0 Å². The summed E-state index contributed by atoms with van der Waals surface area (Å²) in [5, 5.41) is 11.5. The Labute approximate surface area is 120 Å². The second kappa shape index (κ2) is 7.43. The number of benzene rings is 1. The topological polar surface area (TPSA) is 53.9 Å². The maximum Gasteiger partial charge on any atom is 0.251 e. The Balaban J connectivity index is 2.16. The van der Waals surface area contributed by atoms with E-state index in [0.29, 0.717) is 5.95 Å². The summed E-state index contributed by atoms with van der Waals surface area (Å²) in [4.78, 5) is 6.57. The maximum absolute atomic E-state index is 4.53. The molecule has 0 fully saturated rings. The van der Waals surface area contributed by atoms with E-state index in [4.69, 9.17) is 0 Å². The molecular weight excluding hydrogens is 250 g/mol. The first-order chi connectivity index (χ1) is 9.85. The van der Waals surface area contributed by atoms with Gasteiger partial charge in [0.15, 0.2) is 5.82 Å². The van der Waals surface area contributed by atoms with Crippen molar-refractivity contribution in [3.8, 4) is 0 Å². The van der Waals surface area contributed by atoms with Gasteiger partial charge >= 0.3 is 0 Å². The zero-order valence-electron chi connectivity index (χ0n) is 12.1. The third kappa shape index (κ3) is 3.66. The lowest BCUT2D eigenvalue weighted by molar-refractivity contribution is 0.822. The van der Waals surface area contributed by atoms with Crippen LogP contribution in [0, 0.1) is 0 Å². The summed E-state index contributed by atoms with van der Waals surface area (Å²) < 4.78 is 0. The predicted molar refractivity (Wildman–Crippen MR) is 82.3 cm³/mol. The van der Waals surface area contributed by atoms with Crippen molar-refractivity contribution in [2.45, 2.75) is 26.7 Å². The molecule has 0 aliphatic rings. The van der Waals surface area contributed by atoms with Crippen LogP contribution >= 0.6 is 0 Å². The molecule has 0 radical (unpaired) electrons. The van der Waals surface area contributed by atoms with E-state index < -0.39 is 0 Å². The summed E-state index contributed by atoms with van der Waals surface area (Å²) >= 11 is 0. The largest absolute Gasteiger partial charge is 0.369 e. The molecule has 5 heteroatoms. The SMILES string of the molecule is CCCCNc1cnnc(N(CC)c2ccccc2)n1. The van der Waals surface area contributed by atoms with Crippen LogP contribution in [0.15, 0.2) is 36.5 Å². The first-order valence-corrected chi connectivity index (χ1v) is 7.11. The van der Waals surface area contributed by atoms with Crippen molar-refractivity contribution in [3.63, 3.8) is 0 Å². The van der Waals surface area contributed by atoms with Crippen LogP contribution in [-0.2, 0) is 0 Å². The molecule has 0 saturated heterocycles. The molecule has 0 amide bonds. The van der Waals surface area contributed by atoms with Crippen LogP contribution in [0.3, 0.4) is 0 Å². The average Bonchev–Trinajstić information content (AvgIpc) is 2.50. The second-order valence-electron chi connectivity index (χ2n) is 4.50. The monoisotopic (exact) mass is 271 g/mol. The molecule has 0 bridgehead atoms. The number of unbranched alkanes of at least 4 members (excludes halogenated alkanes) is 1. The molecule has 5 nitrogen and oxygen atoms in total. The summed E-state index contributed by atoms with van der Waals surface area (Å²) in [6.07, 6.45) is 3.94. The summed E-state index contributed by atoms with van der Waals surface area (Å²) in [5.74, 6) is 1.40. The highest BCUT2D eigenvalue weighted by molar-refractivity contribution is 5.57. The highest BCUT2D eigenvalue weighted by atomic mass is 15.3. The van der Waals surface area contributed by atoms with Crippen molar-refractivity contribution in [2.75, 3.05) is 23.3 Å². The fourth-order valence-corrected chi connectivity index (χ4v) is 1.93. The highest BCUT2D eigenvalue weighted by Crippen LogP contribution is 2.21. The smallest absolute Gasteiger partial charge is 0.251 e. The van der Waals surface area contributed by atoms with E-state index in [1.54, 1.807) is 6.20 Å². The van der Waals surface area contributed by atoms with Crippen LogP contribution in [0.5, 0.6) is 0 Å². The molecule has 0 saturated carbocycles. The Hall–Kier alpha value is -2.17. The van der Waals surface area contributed by atoms with Gasteiger partial charge in [-0.3, -0.25) is 0 Å². The number of para-hydroxylation sites is 1. The molecule has 0 spiro atoms. The molecule has 1 aromatic carbocycles. The number of hydrogen-bond acceptors (Lipinski definition) is 5. The van der Waals surface area contributed by atoms with Gasteiger partial charge in [0.05, 0.1) is 6.20 Å². The molecule has 106 valence electrons. The number of rotatable bonds is 7. The summed E-state index contributed by atoms with van der Waals surface area (Å²) in [5.41, 5.74) is 1.07. The Morgan fingerprint density at radius 3 is 2.65 bits per heavy atom. The van der Waals surface area contributed by atoms with Crippen LogP contribution < -0.4 is 10.2 Å². The van der Waals surface area contributed by atoms with E-state index in [0.717, 1.165) is 37.4 Å². The first kappa shape index (κ1) is 14.2. The van der Waals surface area contributed by atoms with Crippen LogP contribution in [0.4, 0.5) is 17.5 Å². The molecule has 1 heterocycles. The van der Waals surface area contributed by atoms with Gasteiger partial charge in [-0.25, -0.2) is 0 Å². The van der Waals surface area contributed by atoms with Crippen molar-refractivity contribution in [1.82, 2.24) is 15.2 Å². The quantitative estimate of drug-likeness (QED) is 0.783. The Kier molecular flexibility index (Phi) is 5.29. The van der Waals surface area contributed by atoms with Gasteiger partial charge in [0.25, 0.3) is 5.95 Å². The normalized spacial score (nSPS) is 10.3. The van der Waals surface area contributed by atoms with E-state index >= 15 is 0 Å². The Bertz CT molecular complexity index is 515. The zero-order chi connectivity index (χ0) is 14.2. The van der Waals surface area contributed by atoms with E-state index in [2.05, 4.69) is 34.3 Å². The molecular formula is C15H21N5. The fraction of sp³-hybridized carbons (Fsp3) is 0.400. The van der Waals surface area contributed by atoms with Crippen molar-refractivity contribution >= 4 is 17.5 Å². The molecule has 2 rings (SSSR count). The lowest BCUT2D eigenvalue weighted by atomic mass is 10.3. The molecule has 2 aromatic rings. The Morgan fingerprint density at radius 2 is 1.95 bits per heavy atom. The third-order valence-corrected chi connectivity index (χ3v) is 3.01. The van der Waals surface area contributed by atoms with Crippen LogP contribution in [0.1, 0.15) is 26.7 Å². The van der Waals surface area contributed by atoms with Gasteiger partial charge in [-0.15, -0.1) is 5.10 Å². The van der Waals surface area contributed by atoms with Crippen molar-refractivity contribution < 1.29 is 0 Å². The van der Waals surface area contributed by atoms with Gasteiger partial charge < -0.3 is 10.2 Å². The van der Waals surface area contributed by atoms with Gasteiger partial charge in [-0.05, 0) is 25.5 Å². The number of aromatic nitrogens is 3. The van der Waals surface area contributed by atoms with Crippen molar-refractivity contribution in [3.05, 3.63) is 36.5 Å². The average molecular weight is 271 g/mol. The van der Waals surface area contributed by atoms with E-state index in [1.807, 2.05) is 35.2 Å². The van der Waals surface area contributed by atoms with E-state index in [-0.39, 0.29) is 0 Å². The minimum Gasteiger partial charge on any atom is -0.369 e. The van der Waals surface area contributed by atoms with Gasteiger partial charge in [0, 0.05) is 18.8 Å². The molecule has 0 aliphatic heterocycles. The summed E-state index contributed by atoms with van der Waals surface area (Å²) in [6, 6.07) is 10.1. The lowest BCUT2D eigenvalue weighted by Gasteiger charge is -2.20. The van der Waals surface area contributed by atoms with Gasteiger partial charge in [0.2, 0.25) is 0 Å². The van der Waals surface area contributed by atoms with Crippen molar-refractivity contribution in [1.29, 1.82) is 0 Å². The number of nitrogens with one attached hydrogen (secondary N) is 1. The zero-order valence-corrected chi connectivity index (χ0v) is 12.1. The Morgan fingerprint density at radius 1 is 1.15 bits per heavy atom. The van der Waals surface area contributed by atoms with Gasteiger partial charge in [-0.1, -0.05) is 31.5 Å². The molecule has 0 unspecified atom stereocenters. The van der Waals surface area contributed by atoms with Gasteiger partial charge in [0.1, 0.15) is 0 Å². The maximum atomic E-state index is 4.53. The van der Waals surface area contributed by atoms with Gasteiger partial charge in [-0.2, -0.15) is 10.1 Å². The van der Waals surface area contributed by atoms with Crippen LogP contribution in [0.2, 0.25) is 0 Å². The summed E-state index contributed by atoms with van der Waals surface area (Å²) in [6.45, 7) is 5.95. The summed E-state index contributed by atoms with van der Waals surface area (Å²) in [7, 11) is 0. The fourth-order valence-electron chi connectivity index (χ4n) is 1.93. The second-order valence-corrected chi connectivity index (χ2v) is 4.50.